The number of nitrogen functional groups attached to an aromatic ring is 1. The number of carbonyl (C=O) groups excluding carboxylic acids is 1. The summed E-state index contributed by atoms with van der Waals surface area (Å²) in [5, 5.41) is 9.76. The average Bonchev–Trinajstić information content (AvgIpc) is 2.89. The van der Waals surface area contributed by atoms with E-state index in [0.29, 0.717) is 11.7 Å². The number of anilines is 1. The summed E-state index contributed by atoms with van der Waals surface area (Å²) < 4.78 is 0. The van der Waals surface area contributed by atoms with Gasteiger partial charge in [0.25, 0.3) is 0 Å². The van der Waals surface area contributed by atoms with E-state index in [1.165, 1.54) is 17.3 Å². The quantitative estimate of drug-likeness (QED) is 0.699. The van der Waals surface area contributed by atoms with Gasteiger partial charge in [-0.3, -0.25) is 4.79 Å². The van der Waals surface area contributed by atoms with E-state index in [9.17, 15) is 4.79 Å². The smallest absolute Gasteiger partial charge is 0.230 e. The summed E-state index contributed by atoms with van der Waals surface area (Å²) in [5.41, 5.74) is 6.62. The Hall–Kier alpha value is -2.02. The first kappa shape index (κ1) is 14.4. The predicted octanol–water partition coefficient (Wildman–Crippen LogP) is 1.40. The standard InChI is InChI=1S/C13H17N5OS/c1-9(10-5-3-2-4-6-10)7-15-11(19)8-20-13-16-12(14)17-18-13/h2-6,9H,7-8H2,1H3,(H,15,19)(H3,14,16,17,18). The molecule has 0 saturated carbocycles. The summed E-state index contributed by atoms with van der Waals surface area (Å²) in [6, 6.07) is 10.1. The maximum absolute atomic E-state index is 11.7. The highest BCUT2D eigenvalue weighted by atomic mass is 32.2. The number of aromatic nitrogens is 3. The van der Waals surface area contributed by atoms with Gasteiger partial charge < -0.3 is 11.1 Å². The van der Waals surface area contributed by atoms with Crippen LogP contribution in [0.25, 0.3) is 0 Å². The average molecular weight is 291 g/mol. The Kier molecular flexibility index (Phi) is 5.00. The molecule has 4 N–H and O–H groups in total. The van der Waals surface area contributed by atoms with Crippen LogP contribution in [0.4, 0.5) is 5.95 Å². The molecule has 1 heterocycles. The zero-order valence-electron chi connectivity index (χ0n) is 11.2. The third-order valence-corrected chi connectivity index (χ3v) is 3.64. The lowest BCUT2D eigenvalue weighted by molar-refractivity contribution is -0.118. The number of benzene rings is 1. The van der Waals surface area contributed by atoms with E-state index in [2.05, 4.69) is 39.6 Å². The summed E-state index contributed by atoms with van der Waals surface area (Å²) in [7, 11) is 0. The van der Waals surface area contributed by atoms with Crippen molar-refractivity contribution in [3.8, 4) is 0 Å². The van der Waals surface area contributed by atoms with Crippen LogP contribution in [0.1, 0.15) is 18.4 Å². The van der Waals surface area contributed by atoms with E-state index in [4.69, 9.17) is 5.73 Å². The van der Waals surface area contributed by atoms with Crippen molar-refractivity contribution in [1.82, 2.24) is 20.5 Å². The molecule has 6 nitrogen and oxygen atoms in total. The lowest BCUT2D eigenvalue weighted by atomic mass is 10.0. The highest BCUT2D eigenvalue weighted by Gasteiger charge is 2.09. The van der Waals surface area contributed by atoms with Crippen LogP contribution in [0.3, 0.4) is 0 Å². The van der Waals surface area contributed by atoms with Gasteiger partial charge in [0.15, 0.2) is 0 Å². The molecule has 106 valence electrons. The first-order valence-corrected chi connectivity index (χ1v) is 7.26. The van der Waals surface area contributed by atoms with Crippen LogP contribution < -0.4 is 11.1 Å². The zero-order chi connectivity index (χ0) is 14.4. The molecule has 7 heteroatoms. The van der Waals surface area contributed by atoms with Gasteiger partial charge in [-0.05, 0) is 11.5 Å². The third kappa shape index (κ3) is 4.27. The molecule has 0 aliphatic heterocycles. The van der Waals surface area contributed by atoms with Gasteiger partial charge in [-0.1, -0.05) is 49.0 Å². The number of H-pyrrole nitrogens is 1. The van der Waals surface area contributed by atoms with E-state index < -0.39 is 0 Å². The van der Waals surface area contributed by atoms with Gasteiger partial charge in [-0.25, -0.2) is 5.10 Å². The number of thioether (sulfide) groups is 1. The summed E-state index contributed by atoms with van der Waals surface area (Å²) in [6.07, 6.45) is 0. The van der Waals surface area contributed by atoms with Crippen molar-refractivity contribution in [3.05, 3.63) is 35.9 Å². The Morgan fingerprint density at radius 1 is 1.45 bits per heavy atom. The van der Waals surface area contributed by atoms with Crippen molar-refractivity contribution in [1.29, 1.82) is 0 Å². The third-order valence-electron chi connectivity index (χ3n) is 2.79. The fraction of sp³-hybridized carbons (Fsp3) is 0.308. The predicted molar refractivity (Wildman–Crippen MR) is 79.4 cm³/mol. The second-order valence-corrected chi connectivity index (χ2v) is 5.35. The van der Waals surface area contributed by atoms with Gasteiger partial charge in [0.1, 0.15) is 0 Å². The molecule has 0 radical (unpaired) electrons. The molecule has 20 heavy (non-hydrogen) atoms. The van der Waals surface area contributed by atoms with E-state index in [0.717, 1.165) is 0 Å². The maximum Gasteiger partial charge on any atom is 0.230 e. The van der Waals surface area contributed by atoms with Gasteiger partial charge in [-0.15, -0.1) is 5.10 Å². The highest BCUT2D eigenvalue weighted by molar-refractivity contribution is 7.99. The van der Waals surface area contributed by atoms with Crippen molar-refractivity contribution < 1.29 is 4.79 Å². The second kappa shape index (κ2) is 6.95. The van der Waals surface area contributed by atoms with Crippen LogP contribution >= 0.6 is 11.8 Å². The van der Waals surface area contributed by atoms with E-state index >= 15 is 0 Å². The monoisotopic (exact) mass is 291 g/mol. The number of carbonyl (C=O) groups is 1. The minimum absolute atomic E-state index is 0.0406. The molecule has 0 saturated heterocycles. The molecule has 1 atom stereocenters. The van der Waals surface area contributed by atoms with Gasteiger partial charge >= 0.3 is 0 Å². The first-order chi connectivity index (χ1) is 9.65. The van der Waals surface area contributed by atoms with Crippen LogP contribution in [0.5, 0.6) is 0 Å². The minimum Gasteiger partial charge on any atom is -0.368 e. The fourth-order valence-electron chi connectivity index (χ4n) is 1.67. The molecular weight excluding hydrogens is 274 g/mol. The number of hydrogen-bond acceptors (Lipinski definition) is 5. The summed E-state index contributed by atoms with van der Waals surface area (Å²) in [6.45, 7) is 2.69. The molecule has 2 rings (SSSR count). The molecule has 2 aromatic rings. The number of hydrogen-bond donors (Lipinski definition) is 3. The van der Waals surface area contributed by atoms with E-state index in [1.807, 2.05) is 18.2 Å². The van der Waals surface area contributed by atoms with Crippen molar-refractivity contribution in [3.63, 3.8) is 0 Å². The van der Waals surface area contributed by atoms with Crippen LogP contribution in [0, 0.1) is 0 Å². The zero-order valence-corrected chi connectivity index (χ0v) is 12.0. The van der Waals surface area contributed by atoms with E-state index in [1.54, 1.807) is 0 Å². The molecule has 0 fully saturated rings. The van der Waals surface area contributed by atoms with Gasteiger partial charge in [0.2, 0.25) is 17.0 Å². The molecule has 1 aromatic carbocycles. The van der Waals surface area contributed by atoms with Crippen LogP contribution in [-0.4, -0.2) is 33.4 Å². The SMILES string of the molecule is CC(CNC(=O)CSc1n[nH]c(N)n1)c1ccccc1. The molecule has 0 aliphatic rings. The van der Waals surface area contributed by atoms with Gasteiger partial charge in [0.05, 0.1) is 5.75 Å². The number of amides is 1. The maximum atomic E-state index is 11.7. The molecule has 1 unspecified atom stereocenters. The second-order valence-electron chi connectivity index (χ2n) is 4.41. The molecule has 1 amide bonds. The molecule has 0 aliphatic carbocycles. The van der Waals surface area contributed by atoms with Gasteiger partial charge in [0, 0.05) is 6.54 Å². The number of nitrogens with zero attached hydrogens (tertiary/aromatic N) is 2. The van der Waals surface area contributed by atoms with Crippen molar-refractivity contribution in [2.24, 2.45) is 0 Å². The number of nitrogens with one attached hydrogen (secondary N) is 2. The van der Waals surface area contributed by atoms with Crippen molar-refractivity contribution >= 4 is 23.6 Å². The Labute approximate surface area is 121 Å². The number of rotatable bonds is 6. The number of nitrogens with two attached hydrogens (primary N) is 1. The largest absolute Gasteiger partial charge is 0.368 e. The van der Waals surface area contributed by atoms with Crippen LogP contribution in [0.15, 0.2) is 35.5 Å². The van der Waals surface area contributed by atoms with Crippen molar-refractivity contribution in [2.45, 2.75) is 18.0 Å². The van der Waals surface area contributed by atoms with Gasteiger partial charge in [-0.2, -0.15) is 4.98 Å². The number of aromatic amines is 1. The Balaban J connectivity index is 1.72. The van der Waals surface area contributed by atoms with Crippen LogP contribution in [0.2, 0.25) is 0 Å². The van der Waals surface area contributed by atoms with Crippen LogP contribution in [-0.2, 0) is 4.79 Å². The minimum atomic E-state index is -0.0406. The van der Waals surface area contributed by atoms with E-state index in [-0.39, 0.29) is 23.5 Å². The topological polar surface area (TPSA) is 96.7 Å². The molecule has 1 aromatic heterocycles. The van der Waals surface area contributed by atoms with Crippen molar-refractivity contribution in [2.75, 3.05) is 18.0 Å². The highest BCUT2D eigenvalue weighted by Crippen LogP contribution is 2.14. The molecule has 0 spiro atoms. The molecular formula is C13H17N5OS. The Morgan fingerprint density at radius 3 is 2.85 bits per heavy atom. The Morgan fingerprint density at radius 2 is 2.20 bits per heavy atom. The lowest BCUT2D eigenvalue weighted by Gasteiger charge is -2.12. The summed E-state index contributed by atoms with van der Waals surface area (Å²) in [5.74, 6) is 0.773. The first-order valence-electron chi connectivity index (χ1n) is 6.27. The fourth-order valence-corrected chi connectivity index (χ4v) is 2.31. The normalized spacial score (nSPS) is 12.1. The molecule has 0 bridgehead atoms. The summed E-state index contributed by atoms with van der Waals surface area (Å²) in [4.78, 5) is 15.6. The summed E-state index contributed by atoms with van der Waals surface area (Å²) >= 11 is 1.25. The lowest BCUT2D eigenvalue weighted by Crippen LogP contribution is -2.29. The Bertz CT molecular complexity index is 557.